The third-order valence-corrected chi connectivity index (χ3v) is 4.94. The predicted molar refractivity (Wildman–Crippen MR) is 109 cm³/mol. The summed E-state index contributed by atoms with van der Waals surface area (Å²) in [5, 5.41) is 0.132. The first kappa shape index (κ1) is 19.4. The molecular formula is C20H25ClN4O2. The van der Waals surface area contributed by atoms with E-state index in [1.54, 1.807) is 4.57 Å². The highest BCUT2D eigenvalue weighted by Crippen LogP contribution is 2.11. The van der Waals surface area contributed by atoms with E-state index in [1.807, 2.05) is 18.2 Å². The fourth-order valence-corrected chi connectivity index (χ4v) is 3.48. The topological polar surface area (TPSA) is 72.7 Å². The molecule has 0 fully saturated rings. The molecule has 0 amide bonds. The van der Waals surface area contributed by atoms with Crippen LogP contribution in [0.4, 0.5) is 0 Å². The molecule has 3 rings (SSSR count). The largest absolute Gasteiger partial charge is 0.332 e. The van der Waals surface area contributed by atoms with Gasteiger partial charge in [0, 0.05) is 13.1 Å². The van der Waals surface area contributed by atoms with Crippen molar-refractivity contribution >= 4 is 22.8 Å². The van der Waals surface area contributed by atoms with Crippen LogP contribution in [0.3, 0.4) is 0 Å². The second-order valence-corrected chi connectivity index (χ2v) is 7.13. The molecule has 0 bridgehead atoms. The van der Waals surface area contributed by atoms with Crippen LogP contribution in [0.2, 0.25) is 5.28 Å². The van der Waals surface area contributed by atoms with Crippen molar-refractivity contribution in [3.63, 3.8) is 0 Å². The van der Waals surface area contributed by atoms with Crippen LogP contribution in [-0.2, 0) is 19.5 Å². The van der Waals surface area contributed by atoms with Crippen molar-refractivity contribution < 1.29 is 0 Å². The van der Waals surface area contributed by atoms with Crippen LogP contribution in [0.1, 0.15) is 44.6 Å². The quantitative estimate of drug-likeness (QED) is 0.448. The number of imidazole rings is 1. The van der Waals surface area contributed by atoms with Gasteiger partial charge >= 0.3 is 5.69 Å². The monoisotopic (exact) mass is 388 g/mol. The van der Waals surface area contributed by atoms with E-state index in [0.717, 1.165) is 38.5 Å². The Morgan fingerprint density at radius 2 is 1.70 bits per heavy atom. The highest BCUT2D eigenvalue weighted by molar-refractivity contribution is 6.28. The molecule has 0 radical (unpaired) electrons. The average Bonchev–Trinajstić information content (AvgIpc) is 3.06. The maximum absolute atomic E-state index is 12.9. The average molecular weight is 389 g/mol. The lowest BCUT2D eigenvalue weighted by Gasteiger charge is -2.11. The van der Waals surface area contributed by atoms with Crippen molar-refractivity contribution in [2.45, 2.75) is 58.5 Å². The van der Waals surface area contributed by atoms with Gasteiger partial charge in [-0.3, -0.25) is 13.9 Å². The molecule has 7 heteroatoms. The normalized spacial score (nSPS) is 11.3. The minimum Gasteiger partial charge on any atom is -0.323 e. The number of rotatable bonds is 9. The van der Waals surface area contributed by atoms with Crippen LogP contribution in [-0.4, -0.2) is 19.1 Å². The fraction of sp³-hybridized carbons (Fsp3) is 0.450. The molecule has 0 saturated heterocycles. The van der Waals surface area contributed by atoms with Crippen molar-refractivity contribution in [2.24, 2.45) is 0 Å². The summed E-state index contributed by atoms with van der Waals surface area (Å²) in [5.41, 5.74) is 1.27. The number of H-pyrrole nitrogens is 1. The number of hydrogen-bond acceptors (Lipinski definition) is 3. The van der Waals surface area contributed by atoms with Crippen LogP contribution < -0.4 is 11.2 Å². The number of nitrogens with zero attached hydrogens (tertiary/aromatic N) is 3. The number of unbranched alkanes of at least 4 members (excludes halogenated alkanes) is 3. The molecule has 0 atom stereocenters. The summed E-state index contributed by atoms with van der Waals surface area (Å²) in [5.74, 6) is 0. The van der Waals surface area contributed by atoms with E-state index in [4.69, 9.17) is 11.6 Å². The third kappa shape index (κ3) is 4.50. The summed E-state index contributed by atoms with van der Waals surface area (Å²) < 4.78 is 2.89. The molecule has 144 valence electrons. The van der Waals surface area contributed by atoms with E-state index >= 15 is 0 Å². The van der Waals surface area contributed by atoms with Crippen LogP contribution >= 0.6 is 11.6 Å². The molecular weight excluding hydrogens is 364 g/mol. The lowest BCUT2D eigenvalue weighted by molar-refractivity contribution is 0.518. The maximum Gasteiger partial charge on any atom is 0.332 e. The zero-order valence-electron chi connectivity index (χ0n) is 15.6. The lowest BCUT2D eigenvalue weighted by Crippen LogP contribution is -2.40. The van der Waals surface area contributed by atoms with E-state index < -0.39 is 0 Å². The minimum absolute atomic E-state index is 0.132. The van der Waals surface area contributed by atoms with Crippen molar-refractivity contribution in [1.82, 2.24) is 19.1 Å². The Balaban J connectivity index is 1.81. The Morgan fingerprint density at radius 3 is 2.44 bits per heavy atom. The van der Waals surface area contributed by atoms with Crippen molar-refractivity contribution in [3.8, 4) is 0 Å². The number of benzene rings is 1. The van der Waals surface area contributed by atoms with Gasteiger partial charge in [0.15, 0.2) is 11.2 Å². The number of aromatic nitrogens is 4. The zero-order valence-corrected chi connectivity index (χ0v) is 16.3. The molecule has 2 aromatic heterocycles. The molecule has 3 aromatic rings. The number of hydrogen-bond donors (Lipinski definition) is 1. The second-order valence-electron chi connectivity index (χ2n) is 6.77. The summed E-state index contributed by atoms with van der Waals surface area (Å²) in [7, 11) is 0. The summed E-state index contributed by atoms with van der Waals surface area (Å²) >= 11 is 5.96. The molecule has 0 spiro atoms. The minimum atomic E-state index is -0.346. The molecule has 0 aliphatic carbocycles. The first-order valence-corrected chi connectivity index (χ1v) is 9.92. The van der Waals surface area contributed by atoms with Crippen molar-refractivity contribution in [3.05, 3.63) is 62.0 Å². The van der Waals surface area contributed by atoms with Gasteiger partial charge in [0.25, 0.3) is 5.56 Å². The molecule has 1 aromatic carbocycles. The summed E-state index contributed by atoms with van der Waals surface area (Å²) in [6, 6.07) is 10.2. The standard InChI is InChI=1S/C20H25ClN4O2/c1-2-3-8-13-24-17-16(22-19(21)23-17)18(26)25(20(24)27)14-9-7-12-15-10-5-4-6-11-15/h4-6,10-11H,2-3,7-9,12-14H2,1H3,(H,22,23). The maximum atomic E-state index is 12.9. The van der Waals surface area contributed by atoms with Crippen LogP contribution in [0.15, 0.2) is 39.9 Å². The summed E-state index contributed by atoms with van der Waals surface area (Å²) in [6.07, 6.45) is 5.53. The number of halogens is 1. The molecule has 1 N–H and O–H groups in total. The number of fused-ring (bicyclic) bond motifs is 1. The Morgan fingerprint density at radius 1 is 1.00 bits per heavy atom. The van der Waals surface area contributed by atoms with Gasteiger partial charge in [-0.1, -0.05) is 50.1 Å². The predicted octanol–water partition coefficient (Wildman–Crippen LogP) is 3.75. The van der Waals surface area contributed by atoms with Crippen LogP contribution in [0.5, 0.6) is 0 Å². The van der Waals surface area contributed by atoms with Gasteiger partial charge in [-0.15, -0.1) is 0 Å². The lowest BCUT2D eigenvalue weighted by atomic mass is 10.1. The number of aryl methyl sites for hydroxylation is 2. The van der Waals surface area contributed by atoms with Gasteiger partial charge in [0.05, 0.1) is 0 Å². The molecule has 0 unspecified atom stereocenters. The van der Waals surface area contributed by atoms with E-state index in [1.165, 1.54) is 10.1 Å². The summed E-state index contributed by atoms with van der Waals surface area (Å²) in [4.78, 5) is 32.6. The van der Waals surface area contributed by atoms with Crippen LogP contribution in [0.25, 0.3) is 11.2 Å². The molecule has 6 nitrogen and oxygen atoms in total. The summed E-state index contributed by atoms with van der Waals surface area (Å²) in [6.45, 7) is 3.04. The Hall–Kier alpha value is -2.34. The molecule has 0 saturated carbocycles. The van der Waals surface area contributed by atoms with Crippen LogP contribution in [0, 0.1) is 0 Å². The Kier molecular flexibility index (Phi) is 6.50. The number of aromatic amines is 1. The van der Waals surface area contributed by atoms with Gasteiger partial charge in [0.1, 0.15) is 0 Å². The van der Waals surface area contributed by atoms with Gasteiger partial charge in [-0.25, -0.2) is 4.79 Å². The smallest absolute Gasteiger partial charge is 0.323 e. The van der Waals surface area contributed by atoms with Gasteiger partial charge in [0.2, 0.25) is 5.28 Å². The first-order chi connectivity index (χ1) is 13.1. The highest BCUT2D eigenvalue weighted by Gasteiger charge is 2.16. The van der Waals surface area contributed by atoms with Crippen molar-refractivity contribution in [1.29, 1.82) is 0 Å². The first-order valence-electron chi connectivity index (χ1n) is 9.54. The van der Waals surface area contributed by atoms with Gasteiger partial charge in [-0.2, -0.15) is 4.98 Å². The zero-order chi connectivity index (χ0) is 19.2. The Bertz CT molecular complexity index is 1000. The van der Waals surface area contributed by atoms with E-state index in [9.17, 15) is 9.59 Å². The van der Waals surface area contributed by atoms with E-state index in [0.29, 0.717) is 24.3 Å². The third-order valence-electron chi connectivity index (χ3n) is 4.76. The SMILES string of the molecule is CCCCCn1c(=O)n(CCCCc2ccccc2)c(=O)c2[nH]c(Cl)nc21. The molecule has 2 heterocycles. The number of nitrogens with one attached hydrogen (secondary N) is 1. The molecule has 27 heavy (non-hydrogen) atoms. The fourth-order valence-electron chi connectivity index (χ4n) is 3.30. The Labute approximate surface area is 162 Å². The van der Waals surface area contributed by atoms with Crippen molar-refractivity contribution in [2.75, 3.05) is 0 Å². The second kappa shape index (κ2) is 9.04. The van der Waals surface area contributed by atoms with Gasteiger partial charge < -0.3 is 4.98 Å². The highest BCUT2D eigenvalue weighted by atomic mass is 35.5. The molecule has 0 aliphatic rings. The molecule has 0 aliphatic heterocycles. The van der Waals surface area contributed by atoms with E-state index in [2.05, 4.69) is 29.0 Å². The van der Waals surface area contributed by atoms with Gasteiger partial charge in [-0.05, 0) is 42.8 Å². The van der Waals surface area contributed by atoms with E-state index in [-0.39, 0.29) is 16.5 Å².